The van der Waals surface area contributed by atoms with Crippen LogP contribution >= 0.6 is 0 Å². The summed E-state index contributed by atoms with van der Waals surface area (Å²) in [6.45, 7) is -0.00365. The zero-order valence-corrected chi connectivity index (χ0v) is 22.6. The zero-order chi connectivity index (χ0) is 27.7. The number of benzene rings is 3. The third kappa shape index (κ3) is 7.64. The topological polar surface area (TPSA) is 97.3 Å². The number of rotatable bonds is 11. The summed E-state index contributed by atoms with van der Waals surface area (Å²) in [5.41, 5.74) is 4.10. The highest BCUT2D eigenvalue weighted by Crippen LogP contribution is 2.29. The van der Waals surface area contributed by atoms with Crippen molar-refractivity contribution in [3.05, 3.63) is 89.7 Å². The van der Waals surface area contributed by atoms with Crippen LogP contribution in [0, 0.1) is 5.82 Å². The number of halogens is 1. The molecule has 1 N–H and O–H groups in total. The highest BCUT2D eigenvalue weighted by Gasteiger charge is 2.34. The number of hydrogen-bond acceptors (Lipinski definition) is 6. The lowest BCUT2D eigenvalue weighted by atomic mass is 9.95. The SMILES string of the molecule is COc1cc(/C=N\NC(=O)CN(C2CCCCC2)S(=O)(=O)c2ccc(F)cc2)ccc1OCc1ccccc1. The molecule has 1 amide bonds. The molecule has 1 saturated carbocycles. The van der Waals surface area contributed by atoms with Crippen LogP contribution in [0.5, 0.6) is 11.5 Å². The smallest absolute Gasteiger partial charge is 0.255 e. The lowest BCUT2D eigenvalue weighted by molar-refractivity contribution is -0.121. The third-order valence-corrected chi connectivity index (χ3v) is 8.44. The van der Waals surface area contributed by atoms with Gasteiger partial charge in [0.2, 0.25) is 10.0 Å². The molecule has 39 heavy (non-hydrogen) atoms. The Morgan fingerprint density at radius 1 is 1.03 bits per heavy atom. The Labute approximate surface area is 228 Å². The molecule has 1 aliphatic rings. The molecule has 0 radical (unpaired) electrons. The molecule has 0 spiro atoms. The minimum atomic E-state index is -4.01. The number of carbonyl (C=O) groups excluding carboxylic acids is 1. The molecule has 0 unspecified atom stereocenters. The minimum absolute atomic E-state index is 0.0487. The van der Waals surface area contributed by atoms with Crippen molar-refractivity contribution in [3.63, 3.8) is 0 Å². The number of ether oxygens (including phenoxy) is 2. The minimum Gasteiger partial charge on any atom is -0.493 e. The number of nitrogens with one attached hydrogen (secondary N) is 1. The second kappa shape index (κ2) is 13.3. The van der Waals surface area contributed by atoms with Gasteiger partial charge in [0, 0.05) is 6.04 Å². The quantitative estimate of drug-likeness (QED) is 0.270. The average molecular weight is 554 g/mol. The molecule has 4 rings (SSSR count). The largest absolute Gasteiger partial charge is 0.493 e. The van der Waals surface area contributed by atoms with Gasteiger partial charge >= 0.3 is 0 Å². The molecule has 0 aromatic heterocycles. The lowest BCUT2D eigenvalue weighted by Crippen LogP contribution is -2.46. The Balaban J connectivity index is 1.41. The summed E-state index contributed by atoms with van der Waals surface area (Å²) < 4.78 is 52.7. The van der Waals surface area contributed by atoms with E-state index in [1.54, 1.807) is 18.2 Å². The fraction of sp³-hybridized carbons (Fsp3) is 0.310. The average Bonchev–Trinajstić information content (AvgIpc) is 2.96. The summed E-state index contributed by atoms with van der Waals surface area (Å²) in [6.07, 6.45) is 5.56. The van der Waals surface area contributed by atoms with Gasteiger partial charge in [-0.1, -0.05) is 49.6 Å². The van der Waals surface area contributed by atoms with Crippen LogP contribution in [0.15, 0.2) is 82.8 Å². The van der Waals surface area contributed by atoms with Gasteiger partial charge in [-0.15, -0.1) is 0 Å². The first-order valence-electron chi connectivity index (χ1n) is 12.8. The molecule has 10 heteroatoms. The standard InChI is InChI=1S/C29H32FN3O5S/c1-37-28-18-23(12-17-27(28)38-21-22-8-4-2-5-9-22)19-31-32-29(34)20-33(25-10-6-3-7-11-25)39(35,36)26-15-13-24(30)14-16-26/h2,4-5,8-9,12-19,25H,3,6-7,10-11,20-21H2,1H3,(H,32,34)/b31-19-. The first-order valence-corrected chi connectivity index (χ1v) is 14.2. The maximum atomic E-state index is 13.4. The Morgan fingerprint density at radius 2 is 1.74 bits per heavy atom. The van der Waals surface area contributed by atoms with Crippen LogP contribution in [-0.4, -0.2) is 44.5 Å². The first-order chi connectivity index (χ1) is 18.9. The summed E-state index contributed by atoms with van der Waals surface area (Å²) in [4.78, 5) is 12.7. The van der Waals surface area contributed by atoms with E-state index in [0.717, 1.165) is 37.0 Å². The van der Waals surface area contributed by atoms with Gasteiger partial charge in [-0.3, -0.25) is 4.79 Å². The van der Waals surface area contributed by atoms with Crippen LogP contribution in [0.3, 0.4) is 0 Å². The van der Waals surface area contributed by atoms with E-state index in [2.05, 4.69) is 10.5 Å². The summed E-state index contributed by atoms with van der Waals surface area (Å²) in [7, 11) is -2.47. The van der Waals surface area contributed by atoms with E-state index in [1.165, 1.54) is 29.8 Å². The molecule has 0 aliphatic heterocycles. The molecule has 3 aromatic rings. The van der Waals surface area contributed by atoms with Crippen LogP contribution in [0.4, 0.5) is 4.39 Å². The maximum Gasteiger partial charge on any atom is 0.255 e. The number of carbonyl (C=O) groups is 1. The van der Waals surface area contributed by atoms with Crippen molar-refractivity contribution in [1.82, 2.24) is 9.73 Å². The molecule has 1 fully saturated rings. The highest BCUT2D eigenvalue weighted by molar-refractivity contribution is 7.89. The second-order valence-electron chi connectivity index (χ2n) is 9.27. The van der Waals surface area contributed by atoms with Crippen molar-refractivity contribution >= 4 is 22.1 Å². The first kappa shape index (κ1) is 28.3. The molecular weight excluding hydrogens is 521 g/mol. The fourth-order valence-electron chi connectivity index (χ4n) is 4.50. The van der Waals surface area contributed by atoms with E-state index in [4.69, 9.17) is 9.47 Å². The lowest BCUT2D eigenvalue weighted by Gasteiger charge is -2.32. The number of hydrogen-bond donors (Lipinski definition) is 1. The molecule has 1 aliphatic carbocycles. The monoisotopic (exact) mass is 553 g/mol. The van der Waals surface area contributed by atoms with Crippen LogP contribution in [0.2, 0.25) is 0 Å². The molecule has 206 valence electrons. The van der Waals surface area contributed by atoms with Crippen LogP contribution in [0.25, 0.3) is 0 Å². The molecule has 0 atom stereocenters. The molecule has 0 bridgehead atoms. The van der Waals surface area contributed by atoms with Gasteiger partial charge < -0.3 is 9.47 Å². The van der Waals surface area contributed by atoms with E-state index in [1.807, 2.05) is 30.3 Å². The summed E-state index contributed by atoms with van der Waals surface area (Å²) in [5.74, 6) is -0.0262. The second-order valence-corrected chi connectivity index (χ2v) is 11.2. The summed E-state index contributed by atoms with van der Waals surface area (Å²) >= 11 is 0. The van der Waals surface area contributed by atoms with E-state index < -0.39 is 28.3 Å². The van der Waals surface area contributed by atoms with Crippen LogP contribution in [0.1, 0.15) is 43.2 Å². The Bertz CT molecular complexity index is 1380. The number of methoxy groups -OCH3 is 1. The predicted molar refractivity (Wildman–Crippen MR) is 147 cm³/mol. The number of amides is 1. The van der Waals surface area contributed by atoms with Crippen molar-refractivity contribution in [2.75, 3.05) is 13.7 Å². The van der Waals surface area contributed by atoms with Gasteiger partial charge in [-0.2, -0.15) is 9.41 Å². The van der Waals surface area contributed by atoms with Gasteiger partial charge in [-0.25, -0.2) is 18.2 Å². The Hall–Kier alpha value is -3.76. The van der Waals surface area contributed by atoms with Gasteiger partial charge in [0.25, 0.3) is 5.91 Å². The number of nitrogens with zero attached hydrogens (tertiary/aromatic N) is 2. The maximum absolute atomic E-state index is 13.4. The molecule has 0 saturated heterocycles. The van der Waals surface area contributed by atoms with Crippen molar-refractivity contribution in [3.8, 4) is 11.5 Å². The van der Waals surface area contributed by atoms with Gasteiger partial charge in [-0.05, 0) is 66.4 Å². The molecule has 0 heterocycles. The van der Waals surface area contributed by atoms with Gasteiger partial charge in [0.15, 0.2) is 11.5 Å². The Morgan fingerprint density at radius 3 is 2.44 bits per heavy atom. The molecule has 8 nitrogen and oxygen atoms in total. The van der Waals surface area contributed by atoms with Crippen LogP contribution in [-0.2, 0) is 21.4 Å². The Kier molecular flexibility index (Phi) is 9.67. The van der Waals surface area contributed by atoms with Crippen molar-refractivity contribution < 1.29 is 27.1 Å². The van der Waals surface area contributed by atoms with Crippen molar-refractivity contribution in [2.45, 2.75) is 49.6 Å². The third-order valence-electron chi connectivity index (χ3n) is 6.53. The molecular formula is C29H32FN3O5S. The predicted octanol–water partition coefficient (Wildman–Crippen LogP) is 4.89. The van der Waals surface area contributed by atoms with Crippen LogP contribution < -0.4 is 14.9 Å². The van der Waals surface area contributed by atoms with Crippen molar-refractivity contribution in [1.29, 1.82) is 0 Å². The van der Waals surface area contributed by atoms with Crippen molar-refractivity contribution in [2.24, 2.45) is 5.10 Å². The van der Waals surface area contributed by atoms with Gasteiger partial charge in [0.05, 0.1) is 24.8 Å². The normalized spacial score (nSPS) is 14.4. The zero-order valence-electron chi connectivity index (χ0n) is 21.8. The summed E-state index contributed by atoms with van der Waals surface area (Å²) in [5, 5.41) is 4.01. The molecule has 3 aromatic carbocycles. The highest BCUT2D eigenvalue weighted by atomic mass is 32.2. The number of hydrazone groups is 1. The fourth-order valence-corrected chi connectivity index (χ4v) is 6.14. The van der Waals surface area contributed by atoms with Gasteiger partial charge in [0.1, 0.15) is 12.4 Å². The van der Waals surface area contributed by atoms with E-state index in [-0.39, 0.29) is 10.9 Å². The summed E-state index contributed by atoms with van der Waals surface area (Å²) in [6, 6.07) is 19.3. The van der Waals surface area contributed by atoms with E-state index in [9.17, 15) is 17.6 Å². The van der Waals surface area contributed by atoms with E-state index >= 15 is 0 Å². The van der Waals surface area contributed by atoms with E-state index in [0.29, 0.717) is 36.5 Å². The number of sulfonamides is 1.